The first-order valence-electron chi connectivity index (χ1n) is 10.0. The van der Waals surface area contributed by atoms with E-state index in [0.717, 1.165) is 39.3 Å². The van der Waals surface area contributed by atoms with Gasteiger partial charge in [-0.25, -0.2) is 0 Å². The molecule has 6 heteroatoms. The van der Waals surface area contributed by atoms with Gasteiger partial charge in [0.2, 0.25) is 0 Å². The lowest BCUT2D eigenvalue weighted by Gasteiger charge is -2.28. The average Bonchev–Trinajstić information content (AvgIpc) is 3.09. The van der Waals surface area contributed by atoms with E-state index in [4.69, 9.17) is 9.47 Å². The predicted octanol–water partition coefficient (Wildman–Crippen LogP) is 1.58. The summed E-state index contributed by atoms with van der Waals surface area (Å²) in [5, 5.41) is 0. The molecule has 0 saturated carbocycles. The molecule has 4 aliphatic heterocycles. The van der Waals surface area contributed by atoms with Crippen molar-refractivity contribution < 1.29 is 19.1 Å². The molecule has 140 valence electrons. The van der Waals surface area contributed by atoms with Crippen LogP contribution in [0, 0.1) is 5.41 Å². The van der Waals surface area contributed by atoms with E-state index in [2.05, 4.69) is 9.80 Å². The van der Waals surface area contributed by atoms with Gasteiger partial charge in [0.15, 0.2) is 5.41 Å². The van der Waals surface area contributed by atoms with Gasteiger partial charge in [-0.3, -0.25) is 19.4 Å². The highest BCUT2D eigenvalue weighted by molar-refractivity contribution is 6.02. The van der Waals surface area contributed by atoms with Gasteiger partial charge in [0.25, 0.3) is 0 Å². The Labute approximate surface area is 149 Å². The first kappa shape index (κ1) is 17.3. The maximum Gasteiger partial charge on any atom is 0.324 e. The number of likely N-dealkylation sites (tertiary alicyclic amines) is 2. The van der Waals surface area contributed by atoms with E-state index in [-0.39, 0.29) is 24.1 Å². The average molecular weight is 350 g/mol. The van der Waals surface area contributed by atoms with Gasteiger partial charge in [0, 0.05) is 25.9 Å². The number of cyclic esters (lactones) is 2. The number of nitrogens with zero attached hydrogens (tertiary/aromatic N) is 2. The fourth-order valence-electron chi connectivity index (χ4n) is 4.95. The molecule has 0 aliphatic carbocycles. The molecular weight excluding hydrogens is 320 g/mol. The maximum absolute atomic E-state index is 12.5. The van der Waals surface area contributed by atoms with Crippen molar-refractivity contribution >= 4 is 11.9 Å². The molecule has 0 radical (unpaired) electrons. The van der Waals surface area contributed by atoms with Crippen LogP contribution in [0.1, 0.15) is 51.4 Å². The van der Waals surface area contributed by atoms with Gasteiger partial charge >= 0.3 is 11.9 Å². The van der Waals surface area contributed by atoms with Crippen LogP contribution in [0.3, 0.4) is 0 Å². The first-order valence-corrected chi connectivity index (χ1v) is 10.0. The van der Waals surface area contributed by atoms with Crippen LogP contribution in [0.15, 0.2) is 0 Å². The molecule has 0 aromatic heterocycles. The summed E-state index contributed by atoms with van der Waals surface area (Å²) in [6.45, 7) is 5.81. The number of hydrogen-bond donors (Lipinski definition) is 0. The molecular formula is C19H30N2O4. The van der Waals surface area contributed by atoms with E-state index >= 15 is 0 Å². The van der Waals surface area contributed by atoms with Gasteiger partial charge in [0.1, 0.15) is 12.2 Å². The topological polar surface area (TPSA) is 59.1 Å². The summed E-state index contributed by atoms with van der Waals surface area (Å²) < 4.78 is 11.2. The second kappa shape index (κ2) is 7.23. The molecule has 0 aromatic carbocycles. The van der Waals surface area contributed by atoms with Crippen LogP contribution in [0.2, 0.25) is 0 Å². The van der Waals surface area contributed by atoms with Crippen LogP contribution in [0.5, 0.6) is 0 Å². The van der Waals surface area contributed by atoms with E-state index < -0.39 is 5.41 Å². The van der Waals surface area contributed by atoms with Gasteiger partial charge in [-0.1, -0.05) is 12.8 Å². The molecule has 25 heavy (non-hydrogen) atoms. The second-order valence-electron chi connectivity index (χ2n) is 8.27. The van der Waals surface area contributed by atoms with Crippen LogP contribution in [0.4, 0.5) is 0 Å². The molecule has 4 fully saturated rings. The standard InChI is InChI=1S/C19H30N2O4/c22-17-19(11-15(24-17)13-20-7-3-1-4-8-20)12-16(25-18(19)23)14-21-9-5-2-6-10-21/h15-16H,1-14H2. The molecule has 1 spiro atoms. The molecule has 0 N–H and O–H groups in total. The minimum absolute atomic E-state index is 0.160. The third-order valence-electron chi connectivity index (χ3n) is 6.30. The van der Waals surface area contributed by atoms with E-state index in [9.17, 15) is 9.59 Å². The first-order chi connectivity index (χ1) is 12.2. The SMILES string of the molecule is O=C1OC(CN2CCCCC2)CC12CC(CN1CCCCC1)OC2=O. The number of piperidine rings is 2. The Bertz CT molecular complexity index is 466. The second-order valence-corrected chi connectivity index (χ2v) is 8.27. The fourth-order valence-corrected chi connectivity index (χ4v) is 4.95. The van der Waals surface area contributed by atoms with Crippen molar-refractivity contribution in [2.45, 2.75) is 63.6 Å². The lowest BCUT2D eigenvalue weighted by Crippen LogP contribution is -2.37. The van der Waals surface area contributed by atoms with E-state index in [1.807, 2.05) is 0 Å². The normalized spacial score (nSPS) is 37.4. The van der Waals surface area contributed by atoms with E-state index in [0.29, 0.717) is 12.8 Å². The van der Waals surface area contributed by atoms with Crippen molar-refractivity contribution in [1.29, 1.82) is 0 Å². The van der Waals surface area contributed by atoms with Crippen molar-refractivity contribution in [1.82, 2.24) is 9.80 Å². The minimum atomic E-state index is -1.03. The Morgan fingerprint density at radius 2 is 1.12 bits per heavy atom. The molecule has 6 nitrogen and oxygen atoms in total. The lowest BCUT2D eigenvalue weighted by molar-refractivity contribution is -0.158. The molecule has 0 aromatic rings. The van der Waals surface area contributed by atoms with Crippen molar-refractivity contribution in [3.05, 3.63) is 0 Å². The Balaban J connectivity index is 1.35. The Morgan fingerprint density at radius 1 is 0.720 bits per heavy atom. The summed E-state index contributed by atoms with van der Waals surface area (Å²) in [7, 11) is 0. The minimum Gasteiger partial charge on any atom is -0.460 e. The van der Waals surface area contributed by atoms with Crippen molar-refractivity contribution in [3.63, 3.8) is 0 Å². The molecule has 4 saturated heterocycles. The number of rotatable bonds is 4. The molecule has 2 unspecified atom stereocenters. The zero-order valence-electron chi connectivity index (χ0n) is 15.1. The molecule has 4 rings (SSSR count). The van der Waals surface area contributed by atoms with Crippen LogP contribution in [-0.4, -0.2) is 73.2 Å². The van der Waals surface area contributed by atoms with Crippen LogP contribution in [0.25, 0.3) is 0 Å². The van der Waals surface area contributed by atoms with Gasteiger partial charge in [-0.15, -0.1) is 0 Å². The van der Waals surface area contributed by atoms with Crippen LogP contribution < -0.4 is 0 Å². The summed E-state index contributed by atoms with van der Waals surface area (Å²) in [5.74, 6) is -0.693. The predicted molar refractivity (Wildman–Crippen MR) is 92.0 cm³/mol. The molecule has 4 heterocycles. The maximum atomic E-state index is 12.5. The van der Waals surface area contributed by atoms with Crippen molar-refractivity contribution in [3.8, 4) is 0 Å². The smallest absolute Gasteiger partial charge is 0.324 e. The summed E-state index contributed by atoms with van der Waals surface area (Å²) in [5.41, 5.74) is -1.03. The molecule has 0 amide bonds. The zero-order chi connectivity index (χ0) is 17.3. The van der Waals surface area contributed by atoms with Gasteiger partial charge in [-0.05, 0) is 51.9 Å². The van der Waals surface area contributed by atoms with Gasteiger partial charge in [0.05, 0.1) is 0 Å². The van der Waals surface area contributed by atoms with E-state index in [1.165, 1.54) is 38.5 Å². The Morgan fingerprint density at radius 3 is 1.52 bits per heavy atom. The highest BCUT2D eigenvalue weighted by Gasteiger charge is 2.61. The summed E-state index contributed by atoms with van der Waals surface area (Å²) >= 11 is 0. The third-order valence-corrected chi connectivity index (χ3v) is 6.30. The number of hydrogen-bond acceptors (Lipinski definition) is 6. The number of esters is 2. The molecule has 4 aliphatic rings. The van der Waals surface area contributed by atoms with Crippen molar-refractivity contribution in [2.24, 2.45) is 5.41 Å². The number of carbonyl (C=O) groups is 2. The lowest BCUT2D eigenvalue weighted by atomic mass is 9.81. The highest BCUT2D eigenvalue weighted by Crippen LogP contribution is 2.45. The quantitative estimate of drug-likeness (QED) is 0.567. The summed E-state index contributed by atoms with van der Waals surface area (Å²) in [4.78, 5) is 29.8. The number of carbonyl (C=O) groups excluding carboxylic acids is 2. The molecule has 0 bridgehead atoms. The highest BCUT2D eigenvalue weighted by atomic mass is 16.6. The van der Waals surface area contributed by atoms with Crippen molar-refractivity contribution in [2.75, 3.05) is 39.3 Å². The van der Waals surface area contributed by atoms with Crippen LogP contribution >= 0.6 is 0 Å². The van der Waals surface area contributed by atoms with Gasteiger partial charge < -0.3 is 9.47 Å². The number of ether oxygens (including phenoxy) is 2. The summed E-state index contributed by atoms with van der Waals surface area (Å²) in [6.07, 6.45) is 8.11. The molecule has 2 atom stereocenters. The Kier molecular flexibility index (Phi) is 5.00. The zero-order valence-corrected chi connectivity index (χ0v) is 15.1. The van der Waals surface area contributed by atoms with E-state index in [1.54, 1.807) is 0 Å². The van der Waals surface area contributed by atoms with Crippen LogP contribution in [-0.2, 0) is 19.1 Å². The fraction of sp³-hybridized carbons (Fsp3) is 0.895. The monoisotopic (exact) mass is 350 g/mol. The largest absolute Gasteiger partial charge is 0.460 e. The van der Waals surface area contributed by atoms with Gasteiger partial charge in [-0.2, -0.15) is 0 Å². The third kappa shape index (κ3) is 3.56. The summed E-state index contributed by atoms with van der Waals surface area (Å²) in [6, 6.07) is 0. The Hall–Kier alpha value is -1.14.